The lowest BCUT2D eigenvalue weighted by Gasteiger charge is -2.37. The van der Waals surface area contributed by atoms with Gasteiger partial charge >= 0.3 is 5.97 Å². The van der Waals surface area contributed by atoms with Crippen molar-refractivity contribution in [2.45, 2.75) is 50.2 Å². The molecule has 3 aliphatic rings. The molecular weight excluding hydrogens is 395 g/mol. The fourth-order valence-electron chi connectivity index (χ4n) is 5.32. The van der Waals surface area contributed by atoms with Gasteiger partial charge in [0.25, 0.3) is 0 Å². The summed E-state index contributed by atoms with van der Waals surface area (Å²) in [5, 5.41) is 3.24. The third-order valence-corrected chi connectivity index (χ3v) is 7.12. The van der Waals surface area contributed by atoms with Gasteiger partial charge in [-0.15, -0.1) is 0 Å². The minimum absolute atomic E-state index is 0.0350. The van der Waals surface area contributed by atoms with Crippen LogP contribution in [0.4, 0.5) is 10.1 Å². The second-order valence-corrected chi connectivity index (χ2v) is 8.95. The van der Waals surface area contributed by atoms with Gasteiger partial charge in [0, 0.05) is 36.3 Å². The molecule has 0 radical (unpaired) electrons. The predicted molar refractivity (Wildman–Crippen MR) is 115 cm³/mol. The maximum Gasteiger partial charge on any atom is 0.339 e. The highest BCUT2D eigenvalue weighted by atomic mass is 19.1. The molecule has 2 aliphatic heterocycles. The van der Waals surface area contributed by atoms with E-state index in [1.54, 1.807) is 12.1 Å². The Morgan fingerprint density at radius 3 is 2.39 bits per heavy atom. The molecule has 2 aromatic rings. The van der Waals surface area contributed by atoms with Gasteiger partial charge in [0.2, 0.25) is 5.91 Å². The molecular formula is C25H27FN2O3. The Hall–Kier alpha value is -2.89. The van der Waals surface area contributed by atoms with Crippen molar-refractivity contribution in [3.05, 3.63) is 65.5 Å². The number of hydrogen-bond donors (Lipinski definition) is 1. The molecule has 1 amide bonds. The summed E-state index contributed by atoms with van der Waals surface area (Å²) in [5.74, 6) is -0.387. The number of benzene rings is 2. The number of rotatable bonds is 3. The second kappa shape index (κ2) is 7.98. The Bertz CT molecular complexity index is 975. The molecule has 6 heteroatoms. The summed E-state index contributed by atoms with van der Waals surface area (Å²) in [6.07, 6.45) is 4.59. The third kappa shape index (κ3) is 3.80. The van der Waals surface area contributed by atoms with Crippen molar-refractivity contribution in [2.24, 2.45) is 5.92 Å². The summed E-state index contributed by atoms with van der Waals surface area (Å²) >= 11 is 0. The lowest BCUT2D eigenvalue weighted by molar-refractivity contribution is -0.128. The number of amides is 1. The van der Waals surface area contributed by atoms with Crippen molar-refractivity contribution in [2.75, 3.05) is 18.0 Å². The van der Waals surface area contributed by atoms with E-state index >= 15 is 0 Å². The second-order valence-electron chi connectivity index (χ2n) is 8.95. The Morgan fingerprint density at radius 2 is 1.68 bits per heavy atom. The lowest BCUT2D eigenvalue weighted by atomic mass is 9.74. The van der Waals surface area contributed by atoms with E-state index in [9.17, 15) is 14.0 Å². The Morgan fingerprint density at radius 1 is 1.00 bits per heavy atom. The van der Waals surface area contributed by atoms with E-state index in [2.05, 4.69) is 10.2 Å². The summed E-state index contributed by atoms with van der Waals surface area (Å²) in [6, 6.07) is 14.4. The number of ether oxygens (including phenoxy) is 1. The minimum atomic E-state index is -0.551. The average molecular weight is 423 g/mol. The van der Waals surface area contributed by atoms with E-state index < -0.39 is 5.60 Å². The van der Waals surface area contributed by atoms with Crippen LogP contribution in [0.3, 0.4) is 0 Å². The van der Waals surface area contributed by atoms with Gasteiger partial charge in [0.1, 0.15) is 11.4 Å². The van der Waals surface area contributed by atoms with Gasteiger partial charge in [-0.3, -0.25) is 4.79 Å². The highest BCUT2D eigenvalue weighted by Crippen LogP contribution is 2.48. The van der Waals surface area contributed by atoms with Crippen molar-refractivity contribution in [1.29, 1.82) is 0 Å². The van der Waals surface area contributed by atoms with E-state index in [4.69, 9.17) is 4.74 Å². The monoisotopic (exact) mass is 422 g/mol. The molecule has 0 bridgehead atoms. The average Bonchev–Trinajstić information content (AvgIpc) is 3.07. The zero-order chi connectivity index (χ0) is 21.4. The van der Waals surface area contributed by atoms with Crippen LogP contribution in [-0.2, 0) is 15.1 Å². The fraction of sp³-hybridized carbons (Fsp3) is 0.440. The predicted octanol–water partition coefficient (Wildman–Crippen LogP) is 4.17. The number of fused-ring (bicyclic) bond motifs is 2. The maximum absolute atomic E-state index is 13.1. The number of anilines is 1. The first-order valence-corrected chi connectivity index (χ1v) is 11.2. The highest BCUT2D eigenvalue weighted by molar-refractivity contribution is 5.94. The van der Waals surface area contributed by atoms with Crippen molar-refractivity contribution in [3.8, 4) is 0 Å². The number of esters is 1. The Kier molecular flexibility index (Phi) is 5.16. The van der Waals surface area contributed by atoms with Gasteiger partial charge in [-0.25, -0.2) is 9.18 Å². The third-order valence-electron chi connectivity index (χ3n) is 7.12. The van der Waals surface area contributed by atoms with Gasteiger partial charge in [-0.05, 0) is 68.9 Å². The summed E-state index contributed by atoms with van der Waals surface area (Å²) in [7, 11) is 0. The molecule has 2 aromatic carbocycles. The van der Waals surface area contributed by atoms with Gasteiger partial charge in [0.05, 0.1) is 5.56 Å². The number of nitrogens with one attached hydrogen (secondary N) is 1. The van der Waals surface area contributed by atoms with Crippen LogP contribution in [0.1, 0.15) is 54.4 Å². The normalized spacial score (nSPS) is 25.9. The number of halogens is 1. The van der Waals surface area contributed by atoms with Crippen molar-refractivity contribution < 1.29 is 18.7 Å². The molecule has 162 valence electrons. The summed E-state index contributed by atoms with van der Waals surface area (Å²) in [6.45, 7) is 1.69. The van der Waals surface area contributed by atoms with Crippen LogP contribution in [0.2, 0.25) is 0 Å². The summed E-state index contributed by atoms with van der Waals surface area (Å²) < 4.78 is 18.9. The number of hydrogen-bond acceptors (Lipinski definition) is 4. The quantitative estimate of drug-likeness (QED) is 0.755. The molecule has 2 fully saturated rings. The van der Waals surface area contributed by atoms with E-state index in [0.717, 1.165) is 50.0 Å². The fourth-order valence-corrected chi connectivity index (χ4v) is 5.32. The number of carbonyl (C=O) groups excluding carboxylic acids is 2. The van der Waals surface area contributed by atoms with E-state index in [-0.39, 0.29) is 29.7 Å². The van der Waals surface area contributed by atoms with Gasteiger partial charge in [-0.2, -0.15) is 0 Å². The van der Waals surface area contributed by atoms with Crippen LogP contribution in [-0.4, -0.2) is 31.0 Å². The molecule has 5 rings (SSSR count). The van der Waals surface area contributed by atoms with Gasteiger partial charge < -0.3 is 15.0 Å². The van der Waals surface area contributed by atoms with E-state index in [0.29, 0.717) is 18.4 Å². The molecule has 1 saturated carbocycles. The maximum atomic E-state index is 13.1. The van der Waals surface area contributed by atoms with E-state index in [1.807, 2.05) is 24.3 Å². The SMILES string of the molecule is O=C1O[C@]2(CC[C@H](C(=O)NC3CCN(c4ccc(F)cc4)CC3)CC2)c2ccccc21. The zero-order valence-electron chi connectivity index (χ0n) is 17.5. The van der Waals surface area contributed by atoms with Crippen LogP contribution in [0.5, 0.6) is 0 Å². The molecule has 31 heavy (non-hydrogen) atoms. The molecule has 1 saturated heterocycles. The summed E-state index contributed by atoms with van der Waals surface area (Å²) in [4.78, 5) is 27.4. The standard InChI is InChI=1S/C25H27FN2O3/c26-18-5-7-20(8-6-18)28-15-11-19(12-16-28)27-23(29)17-9-13-25(14-10-17)22-4-2-1-3-21(22)24(30)31-25/h1-8,17,19H,9-16H2,(H,27,29)/t17-,25-. The van der Waals surface area contributed by atoms with Crippen LogP contribution in [0, 0.1) is 11.7 Å². The summed E-state index contributed by atoms with van der Waals surface area (Å²) in [5.41, 5.74) is 2.12. The lowest BCUT2D eigenvalue weighted by Crippen LogP contribution is -2.47. The van der Waals surface area contributed by atoms with Crippen molar-refractivity contribution in [1.82, 2.24) is 5.32 Å². The molecule has 2 heterocycles. The number of carbonyl (C=O) groups is 2. The van der Waals surface area contributed by atoms with Crippen LogP contribution in [0.25, 0.3) is 0 Å². The number of nitrogens with zero attached hydrogens (tertiary/aromatic N) is 1. The molecule has 1 N–H and O–H groups in total. The first-order valence-electron chi connectivity index (χ1n) is 11.2. The van der Waals surface area contributed by atoms with Gasteiger partial charge in [0.15, 0.2) is 0 Å². The van der Waals surface area contributed by atoms with Crippen LogP contribution < -0.4 is 10.2 Å². The van der Waals surface area contributed by atoms with Crippen molar-refractivity contribution in [3.63, 3.8) is 0 Å². The first kappa shape index (κ1) is 20.0. The topological polar surface area (TPSA) is 58.6 Å². The Balaban J connectivity index is 1.14. The Labute approximate surface area is 181 Å². The molecule has 1 spiro atoms. The van der Waals surface area contributed by atoms with Gasteiger partial charge in [-0.1, -0.05) is 18.2 Å². The zero-order valence-corrected chi connectivity index (χ0v) is 17.5. The van der Waals surface area contributed by atoms with Crippen LogP contribution >= 0.6 is 0 Å². The molecule has 0 aromatic heterocycles. The molecule has 0 unspecified atom stereocenters. The molecule has 5 nitrogen and oxygen atoms in total. The molecule has 0 atom stereocenters. The largest absolute Gasteiger partial charge is 0.451 e. The highest BCUT2D eigenvalue weighted by Gasteiger charge is 2.48. The first-order chi connectivity index (χ1) is 15.0. The molecule has 1 aliphatic carbocycles. The number of piperidine rings is 1. The smallest absolute Gasteiger partial charge is 0.339 e. The van der Waals surface area contributed by atoms with Crippen molar-refractivity contribution >= 4 is 17.6 Å². The van der Waals surface area contributed by atoms with E-state index in [1.165, 1.54) is 12.1 Å². The minimum Gasteiger partial charge on any atom is -0.451 e. The van der Waals surface area contributed by atoms with Crippen LogP contribution in [0.15, 0.2) is 48.5 Å².